The highest BCUT2D eigenvalue weighted by Crippen LogP contribution is 2.31. The summed E-state index contributed by atoms with van der Waals surface area (Å²) in [5.41, 5.74) is 0. The largest absolute Gasteiger partial charge is 0.394 e. The van der Waals surface area contributed by atoms with Crippen LogP contribution in [0.25, 0.3) is 0 Å². The van der Waals surface area contributed by atoms with Gasteiger partial charge >= 0.3 is 0 Å². The van der Waals surface area contributed by atoms with Crippen LogP contribution in [0.1, 0.15) is 26.7 Å². The van der Waals surface area contributed by atoms with Gasteiger partial charge in [0.25, 0.3) is 0 Å². The predicted octanol–water partition coefficient (Wildman–Crippen LogP) is 0.528. The summed E-state index contributed by atoms with van der Waals surface area (Å²) in [4.78, 5) is 0. The van der Waals surface area contributed by atoms with Crippen LogP contribution in [0.4, 0.5) is 0 Å². The van der Waals surface area contributed by atoms with E-state index < -0.39 is 18.3 Å². The van der Waals surface area contributed by atoms with Crippen LogP contribution in [0.15, 0.2) is 0 Å². The zero-order valence-electron chi connectivity index (χ0n) is 11.5. The lowest BCUT2D eigenvalue weighted by molar-refractivity contribution is -0.227. The Morgan fingerprint density at radius 1 is 1.26 bits per heavy atom. The number of hydrogen-bond donors (Lipinski definition) is 3. The molecule has 0 amide bonds. The minimum atomic E-state index is -0.748. The second kappa shape index (κ2) is 8.39. The standard InChI is InChI=1S/C13H25ClO5/c1-3-9-11(6-15)19-10(4-2)13(12(9)17)18-7-8(16)5-14/h8-13,15-17H,3-7H2,1-2H3. The van der Waals surface area contributed by atoms with Gasteiger partial charge in [0.2, 0.25) is 0 Å². The molecule has 6 heteroatoms. The molecule has 19 heavy (non-hydrogen) atoms. The summed E-state index contributed by atoms with van der Waals surface area (Å²) < 4.78 is 11.4. The van der Waals surface area contributed by atoms with Crippen LogP contribution in [0.3, 0.4) is 0 Å². The van der Waals surface area contributed by atoms with Crippen LogP contribution in [0.5, 0.6) is 0 Å². The number of aliphatic hydroxyl groups excluding tert-OH is 3. The van der Waals surface area contributed by atoms with Gasteiger partial charge in [-0.05, 0) is 12.8 Å². The lowest BCUT2D eigenvalue weighted by atomic mass is 9.84. The van der Waals surface area contributed by atoms with E-state index in [0.717, 1.165) is 0 Å². The molecule has 6 atom stereocenters. The number of halogens is 1. The van der Waals surface area contributed by atoms with Crippen molar-refractivity contribution in [2.24, 2.45) is 5.92 Å². The van der Waals surface area contributed by atoms with Gasteiger partial charge in [-0.3, -0.25) is 0 Å². The first-order chi connectivity index (χ1) is 9.08. The zero-order chi connectivity index (χ0) is 14.4. The molecule has 1 aliphatic heterocycles. The molecule has 114 valence electrons. The molecule has 1 heterocycles. The number of alkyl halides is 1. The summed E-state index contributed by atoms with van der Waals surface area (Å²) in [6.07, 6.45) is -1.21. The maximum absolute atomic E-state index is 10.4. The van der Waals surface area contributed by atoms with E-state index in [9.17, 15) is 15.3 Å². The molecule has 0 radical (unpaired) electrons. The summed E-state index contributed by atoms with van der Waals surface area (Å²) in [6.45, 7) is 3.84. The van der Waals surface area contributed by atoms with Gasteiger partial charge in [0, 0.05) is 5.92 Å². The molecule has 5 nitrogen and oxygen atoms in total. The maximum Gasteiger partial charge on any atom is 0.110 e. The van der Waals surface area contributed by atoms with Crippen molar-refractivity contribution >= 4 is 11.6 Å². The van der Waals surface area contributed by atoms with E-state index in [1.807, 2.05) is 13.8 Å². The summed E-state index contributed by atoms with van der Waals surface area (Å²) in [5.74, 6) is -0.0670. The van der Waals surface area contributed by atoms with Crippen molar-refractivity contribution in [3.63, 3.8) is 0 Å². The molecule has 1 rings (SSSR count). The number of ether oxygens (including phenoxy) is 2. The van der Waals surface area contributed by atoms with Gasteiger partial charge in [-0.2, -0.15) is 0 Å². The normalized spacial score (nSPS) is 37.3. The molecule has 0 aliphatic carbocycles. The third-order valence-electron chi connectivity index (χ3n) is 3.68. The van der Waals surface area contributed by atoms with Crippen molar-refractivity contribution < 1.29 is 24.8 Å². The van der Waals surface area contributed by atoms with Gasteiger partial charge < -0.3 is 24.8 Å². The van der Waals surface area contributed by atoms with Crippen molar-refractivity contribution in [2.45, 2.75) is 57.2 Å². The van der Waals surface area contributed by atoms with Crippen molar-refractivity contribution in [1.82, 2.24) is 0 Å². The molecule has 0 aromatic carbocycles. The lowest BCUT2D eigenvalue weighted by Crippen LogP contribution is -2.56. The van der Waals surface area contributed by atoms with E-state index in [1.54, 1.807) is 0 Å². The first-order valence-electron chi connectivity index (χ1n) is 6.88. The van der Waals surface area contributed by atoms with E-state index in [-0.39, 0.29) is 37.2 Å². The molecule has 1 saturated heterocycles. The lowest BCUT2D eigenvalue weighted by Gasteiger charge is -2.44. The Kier molecular flexibility index (Phi) is 7.57. The van der Waals surface area contributed by atoms with Crippen molar-refractivity contribution in [2.75, 3.05) is 19.1 Å². The van der Waals surface area contributed by atoms with Crippen molar-refractivity contribution in [3.05, 3.63) is 0 Å². The Morgan fingerprint density at radius 3 is 2.42 bits per heavy atom. The first kappa shape index (κ1) is 17.1. The average molecular weight is 297 g/mol. The van der Waals surface area contributed by atoms with Crippen LogP contribution < -0.4 is 0 Å². The molecule has 6 unspecified atom stereocenters. The van der Waals surface area contributed by atoms with Crippen LogP contribution in [-0.2, 0) is 9.47 Å². The van der Waals surface area contributed by atoms with Crippen molar-refractivity contribution in [1.29, 1.82) is 0 Å². The van der Waals surface area contributed by atoms with E-state index in [2.05, 4.69) is 0 Å². The molecule has 0 saturated carbocycles. The topological polar surface area (TPSA) is 79.2 Å². The fraction of sp³-hybridized carbons (Fsp3) is 1.00. The number of hydrogen-bond acceptors (Lipinski definition) is 5. The molecular weight excluding hydrogens is 272 g/mol. The quantitative estimate of drug-likeness (QED) is 0.597. The molecule has 0 spiro atoms. The van der Waals surface area contributed by atoms with E-state index in [1.165, 1.54) is 0 Å². The summed E-state index contributed by atoms with van der Waals surface area (Å²) in [5, 5.41) is 29.2. The smallest absolute Gasteiger partial charge is 0.110 e. The highest BCUT2D eigenvalue weighted by molar-refractivity contribution is 6.18. The monoisotopic (exact) mass is 296 g/mol. The van der Waals surface area contributed by atoms with E-state index >= 15 is 0 Å². The van der Waals surface area contributed by atoms with Gasteiger partial charge in [0.05, 0.1) is 43.5 Å². The van der Waals surface area contributed by atoms with Gasteiger partial charge in [-0.25, -0.2) is 0 Å². The van der Waals surface area contributed by atoms with Crippen LogP contribution in [0.2, 0.25) is 0 Å². The Bertz CT molecular complexity index is 253. The Balaban J connectivity index is 2.70. The Hall–Kier alpha value is 0.0900. The Labute approximate surface area is 119 Å². The van der Waals surface area contributed by atoms with E-state index in [4.69, 9.17) is 21.1 Å². The van der Waals surface area contributed by atoms with Crippen LogP contribution in [0, 0.1) is 5.92 Å². The second-order valence-corrected chi connectivity index (χ2v) is 5.28. The third kappa shape index (κ3) is 4.28. The van der Waals surface area contributed by atoms with Gasteiger partial charge in [-0.15, -0.1) is 11.6 Å². The highest BCUT2D eigenvalue weighted by atomic mass is 35.5. The fourth-order valence-electron chi connectivity index (χ4n) is 2.57. The number of aliphatic hydroxyl groups is 3. The summed E-state index contributed by atoms with van der Waals surface area (Å²) >= 11 is 5.52. The van der Waals surface area contributed by atoms with Gasteiger partial charge in [0.1, 0.15) is 6.10 Å². The second-order valence-electron chi connectivity index (χ2n) is 4.97. The van der Waals surface area contributed by atoms with Crippen molar-refractivity contribution in [3.8, 4) is 0 Å². The minimum absolute atomic E-state index is 0.0747. The maximum atomic E-state index is 10.4. The van der Waals surface area contributed by atoms with Gasteiger partial charge in [-0.1, -0.05) is 13.8 Å². The fourth-order valence-corrected chi connectivity index (χ4v) is 2.66. The third-order valence-corrected chi connectivity index (χ3v) is 4.04. The SMILES string of the molecule is CCC1OC(CO)C(CC)C(O)C1OCC(O)CCl. The van der Waals surface area contributed by atoms with Gasteiger partial charge in [0.15, 0.2) is 0 Å². The van der Waals surface area contributed by atoms with E-state index in [0.29, 0.717) is 12.8 Å². The average Bonchev–Trinajstić information content (AvgIpc) is 2.44. The summed E-state index contributed by atoms with van der Waals surface area (Å²) in [7, 11) is 0. The molecular formula is C13H25ClO5. The van der Waals surface area contributed by atoms with Crippen LogP contribution >= 0.6 is 11.6 Å². The first-order valence-corrected chi connectivity index (χ1v) is 7.42. The molecule has 1 aliphatic rings. The Morgan fingerprint density at radius 2 is 1.95 bits per heavy atom. The van der Waals surface area contributed by atoms with Crippen LogP contribution in [-0.4, -0.2) is 64.9 Å². The molecule has 0 bridgehead atoms. The molecule has 1 fully saturated rings. The minimum Gasteiger partial charge on any atom is -0.394 e. The number of rotatable bonds is 7. The predicted molar refractivity (Wildman–Crippen MR) is 72.3 cm³/mol. The molecule has 3 N–H and O–H groups in total. The zero-order valence-corrected chi connectivity index (χ0v) is 12.3. The molecule has 0 aromatic rings. The summed E-state index contributed by atoms with van der Waals surface area (Å²) in [6, 6.07) is 0. The molecule has 0 aromatic heterocycles. The highest BCUT2D eigenvalue weighted by Gasteiger charge is 2.43.